The van der Waals surface area contributed by atoms with Crippen molar-refractivity contribution in [1.82, 2.24) is 24.5 Å². The lowest BCUT2D eigenvalue weighted by Gasteiger charge is -2.17. The molecule has 1 fully saturated rings. The van der Waals surface area contributed by atoms with Crippen LogP contribution in [0.3, 0.4) is 0 Å². The normalized spacial score (nSPS) is 19.4. The lowest BCUT2D eigenvalue weighted by atomic mass is 10.1. The molecule has 0 spiro atoms. The van der Waals surface area contributed by atoms with E-state index in [2.05, 4.69) is 15.3 Å². The van der Waals surface area contributed by atoms with Gasteiger partial charge in [0.25, 0.3) is 11.2 Å². The van der Waals surface area contributed by atoms with E-state index in [9.17, 15) is 34.7 Å². The van der Waals surface area contributed by atoms with Gasteiger partial charge in [0, 0.05) is 30.3 Å². The summed E-state index contributed by atoms with van der Waals surface area (Å²) in [6, 6.07) is 4.73. The monoisotopic (exact) mass is 502 g/mol. The minimum atomic E-state index is -0.882. The van der Waals surface area contributed by atoms with Crippen molar-refractivity contribution >= 4 is 11.7 Å². The third-order valence-corrected chi connectivity index (χ3v) is 5.81. The Balaban J connectivity index is 1.53. The zero-order valence-corrected chi connectivity index (χ0v) is 18.9. The van der Waals surface area contributed by atoms with Crippen LogP contribution in [0.1, 0.15) is 46.0 Å². The average Bonchev–Trinajstić information content (AvgIpc) is 3.48. The molecular weight excluding hydrogens is 480 g/mol. The predicted octanol–water partition coefficient (Wildman–Crippen LogP) is -0.285. The molecule has 190 valence electrons. The third-order valence-electron chi connectivity index (χ3n) is 5.81. The standard InChI is InChI=1S/C21H22N6O9/c1-11-7-25(21(32)22-19(11)30)17-6-14(16(9-29)36-17)26-15(8-28)18(23-24-26)20(31)35-10-12-2-4-13(5-3-12)27(33)34/h2-5,7,14,16-17,28-29H,6,8-10H2,1H3,(H,22,30,32)/t14-,16+,17+/m0/s1. The molecule has 15 heteroatoms. The molecule has 1 aliphatic rings. The molecule has 1 saturated heterocycles. The maximum absolute atomic E-state index is 12.6. The smallest absolute Gasteiger partial charge is 0.361 e. The molecule has 4 rings (SSSR count). The number of nitro groups is 1. The molecule has 36 heavy (non-hydrogen) atoms. The van der Waals surface area contributed by atoms with Crippen molar-refractivity contribution in [3.8, 4) is 0 Å². The van der Waals surface area contributed by atoms with Crippen LogP contribution in [0, 0.1) is 17.0 Å². The first-order chi connectivity index (χ1) is 17.2. The second kappa shape index (κ2) is 10.2. The molecule has 0 aliphatic carbocycles. The number of aliphatic hydroxyl groups is 2. The van der Waals surface area contributed by atoms with E-state index in [0.29, 0.717) is 5.56 Å². The molecule has 3 N–H and O–H groups in total. The van der Waals surface area contributed by atoms with Crippen molar-refractivity contribution in [3.05, 3.63) is 83.9 Å². The summed E-state index contributed by atoms with van der Waals surface area (Å²) in [6.45, 7) is 0.242. The Hall–Kier alpha value is -4.21. The summed E-state index contributed by atoms with van der Waals surface area (Å²) < 4.78 is 13.4. The number of carbonyl (C=O) groups is 1. The van der Waals surface area contributed by atoms with E-state index in [-0.39, 0.29) is 35.7 Å². The van der Waals surface area contributed by atoms with E-state index in [4.69, 9.17) is 9.47 Å². The lowest BCUT2D eigenvalue weighted by molar-refractivity contribution is -0.384. The number of ether oxygens (including phenoxy) is 2. The SMILES string of the molecule is Cc1cn([C@H]2C[C@H](n3nnc(C(=O)OCc4ccc([N+](=O)[O-])cc4)c3CO)[C@@H](CO)O2)c(=O)[nH]c1=O. The van der Waals surface area contributed by atoms with Gasteiger partial charge in [0.1, 0.15) is 18.9 Å². The Labute approximate surface area is 201 Å². The predicted molar refractivity (Wildman–Crippen MR) is 119 cm³/mol. The first-order valence-corrected chi connectivity index (χ1v) is 10.8. The van der Waals surface area contributed by atoms with Gasteiger partial charge in [-0.05, 0) is 24.6 Å². The number of esters is 1. The van der Waals surface area contributed by atoms with Crippen LogP contribution in [0.4, 0.5) is 5.69 Å². The summed E-state index contributed by atoms with van der Waals surface area (Å²) in [5, 5.41) is 38.3. The van der Waals surface area contributed by atoms with Gasteiger partial charge in [-0.25, -0.2) is 14.3 Å². The fourth-order valence-corrected chi connectivity index (χ4v) is 3.92. The Morgan fingerprint density at radius 2 is 2.03 bits per heavy atom. The molecule has 0 saturated carbocycles. The van der Waals surface area contributed by atoms with Gasteiger partial charge in [-0.3, -0.25) is 24.5 Å². The number of nitrogens with zero attached hydrogens (tertiary/aromatic N) is 5. The minimum Gasteiger partial charge on any atom is -0.456 e. The van der Waals surface area contributed by atoms with Gasteiger partial charge in [-0.2, -0.15) is 0 Å². The summed E-state index contributed by atoms with van der Waals surface area (Å²) in [4.78, 5) is 49.0. The molecule has 15 nitrogen and oxygen atoms in total. The summed E-state index contributed by atoms with van der Waals surface area (Å²) >= 11 is 0. The molecule has 1 aromatic carbocycles. The van der Waals surface area contributed by atoms with E-state index in [1.54, 1.807) is 0 Å². The second-order valence-corrected chi connectivity index (χ2v) is 8.08. The fourth-order valence-electron chi connectivity index (χ4n) is 3.92. The first-order valence-electron chi connectivity index (χ1n) is 10.8. The number of nitrogens with one attached hydrogen (secondary N) is 1. The number of aromatic nitrogens is 5. The van der Waals surface area contributed by atoms with Gasteiger partial charge in [0.2, 0.25) is 0 Å². The van der Waals surface area contributed by atoms with E-state index in [1.807, 2.05) is 0 Å². The molecule has 0 unspecified atom stereocenters. The zero-order chi connectivity index (χ0) is 26.0. The van der Waals surface area contributed by atoms with Crippen LogP contribution >= 0.6 is 0 Å². The Kier molecular flexibility index (Phi) is 7.05. The quantitative estimate of drug-likeness (QED) is 0.207. The minimum absolute atomic E-state index is 0.0152. The number of hydrogen-bond acceptors (Lipinski definition) is 11. The van der Waals surface area contributed by atoms with Gasteiger partial charge in [-0.15, -0.1) is 5.10 Å². The number of aliphatic hydroxyl groups excluding tert-OH is 2. The summed E-state index contributed by atoms with van der Waals surface area (Å²) in [5.41, 5.74) is -0.772. The highest BCUT2D eigenvalue weighted by Crippen LogP contribution is 2.36. The van der Waals surface area contributed by atoms with Crippen molar-refractivity contribution in [2.45, 2.75) is 44.9 Å². The van der Waals surface area contributed by atoms with Crippen molar-refractivity contribution in [2.75, 3.05) is 6.61 Å². The van der Waals surface area contributed by atoms with Crippen LogP contribution in [0.25, 0.3) is 0 Å². The van der Waals surface area contributed by atoms with Crippen molar-refractivity contribution in [3.63, 3.8) is 0 Å². The number of H-pyrrole nitrogens is 1. The largest absolute Gasteiger partial charge is 0.456 e. The summed E-state index contributed by atoms with van der Waals surface area (Å²) in [7, 11) is 0. The molecule has 2 aromatic heterocycles. The van der Waals surface area contributed by atoms with Gasteiger partial charge in [0.05, 0.1) is 29.9 Å². The molecule has 0 radical (unpaired) electrons. The molecular formula is C21H22N6O9. The fraction of sp³-hybridized carbons (Fsp3) is 0.381. The molecule has 3 heterocycles. The van der Waals surface area contributed by atoms with Crippen LogP contribution in [-0.4, -0.2) is 58.4 Å². The summed E-state index contributed by atoms with van der Waals surface area (Å²) in [5.74, 6) is -0.882. The number of hydrogen-bond donors (Lipinski definition) is 3. The highest BCUT2D eigenvalue weighted by Gasteiger charge is 2.40. The third kappa shape index (κ3) is 4.79. The number of aromatic amines is 1. The van der Waals surface area contributed by atoms with Gasteiger partial charge in [0.15, 0.2) is 5.69 Å². The number of carbonyl (C=O) groups excluding carboxylic acids is 1. The number of benzene rings is 1. The lowest BCUT2D eigenvalue weighted by Crippen LogP contribution is -2.33. The van der Waals surface area contributed by atoms with E-state index < -0.39 is 53.7 Å². The van der Waals surface area contributed by atoms with Crippen LogP contribution in [0.5, 0.6) is 0 Å². The van der Waals surface area contributed by atoms with Crippen molar-refractivity contribution in [2.24, 2.45) is 0 Å². The zero-order valence-electron chi connectivity index (χ0n) is 18.9. The van der Waals surface area contributed by atoms with Crippen molar-refractivity contribution in [1.29, 1.82) is 0 Å². The first kappa shape index (κ1) is 24.9. The average molecular weight is 502 g/mol. The van der Waals surface area contributed by atoms with Gasteiger partial charge in [-0.1, -0.05) is 5.21 Å². The van der Waals surface area contributed by atoms with Gasteiger partial charge < -0.3 is 19.7 Å². The van der Waals surface area contributed by atoms with Crippen LogP contribution in [0.2, 0.25) is 0 Å². The number of rotatable bonds is 8. The molecule has 3 atom stereocenters. The van der Waals surface area contributed by atoms with E-state index in [1.165, 1.54) is 46.6 Å². The van der Waals surface area contributed by atoms with Crippen molar-refractivity contribution < 1.29 is 29.4 Å². The Morgan fingerprint density at radius 1 is 1.31 bits per heavy atom. The second-order valence-electron chi connectivity index (χ2n) is 8.08. The number of non-ortho nitro benzene ring substituents is 1. The van der Waals surface area contributed by atoms with Crippen LogP contribution in [-0.2, 0) is 22.7 Å². The topological polar surface area (TPSA) is 205 Å². The highest BCUT2D eigenvalue weighted by atomic mass is 16.6. The number of nitro benzene ring substituents is 1. The van der Waals surface area contributed by atoms with E-state index in [0.717, 1.165) is 0 Å². The van der Waals surface area contributed by atoms with Gasteiger partial charge >= 0.3 is 11.7 Å². The maximum Gasteiger partial charge on any atom is 0.361 e. The van der Waals surface area contributed by atoms with Crippen LogP contribution < -0.4 is 11.2 Å². The maximum atomic E-state index is 12.6. The molecule has 0 amide bonds. The summed E-state index contributed by atoms with van der Waals surface area (Å²) in [6.07, 6.45) is -0.254. The van der Waals surface area contributed by atoms with Crippen LogP contribution in [0.15, 0.2) is 40.1 Å². The Bertz CT molecular complexity index is 1390. The Morgan fingerprint density at radius 3 is 2.67 bits per heavy atom. The van der Waals surface area contributed by atoms with E-state index >= 15 is 0 Å². The molecule has 0 bridgehead atoms. The highest BCUT2D eigenvalue weighted by molar-refractivity contribution is 5.88. The molecule has 1 aliphatic heterocycles. The number of aryl methyl sites for hydroxylation is 1. The molecule has 3 aromatic rings.